The van der Waals surface area contributed by atoms with Crippen LogP contribution in [0, 0.1) is 0 Å². The van der Waals surface area contributed by atoms with Gasteiger partial charge in [0.25, 0.3) is 5.79 Å². The van der Waals surface area contributed by atoms with Crippen molar-refractivity contribution in [3.05, 3.63) is 0 Å². The average molecular weight is 1200 g/mol. The van der Waals surface area contributed by atoms with Gasteiger partial charge in [-0.1, -0.05) is 0 Å². The monoisotopic (exact) mass is 1200 g/mol. The van der Waals surface area contributed by atoms with Gasteiger partial charge < -0.3 is 130 Å². The van der Waals surface area contributed by atoms with E-state index in [9.17, 15) is 117 Å². The lowest BCUT2D eigenvalue weighted by Crippen LogP contribution is -2.70. The van der Waals surface area contributed by atoms with Gasteiger partial charge in [-0.05, 0) is 0 Å². The Morgan fingerprint density at radius 2 is 1.19 bits per heavy atom. The van der Waals surface area contributed by atoms with Crippen LogP contribution in [0.25, 0.3) is 0 Å². The van der Waals surface area contributed by atoms with E-state index in [4.69, 9.17) is 42.4 Å². The van der Waals surface area contributed by atoms with E-state index in [1.165, 1.54) is 0 Å². The Labute approximate surface area is 447 Å². The summed E-state index contributed by atoms with van der Waals surface area (Å²) in [6.45, 7) is -4.61. The molecule has 3 amide bonds. The molecule has 38 nitrogen and oxygen atoms in total. The van der Waals surface area contributed by atoms with Crippen LogP contribution in [0.4, 0.5) is 0 Å². The molecule has 0 saturated carbocycles. The lowest BCUT2D eigenvalue weighted by molar-refractivity contribution is -0.375. The van der Waals surface area contributed by atoms with Crippen molar-refractivity contribution >= 4 is 44.5 Å². The summed E-state index contributed by atoms with van der Waals surface area (Å²) >= 11 is 0. The fraction of sp³-hybridized carbons (Fsp3) is 0.897. The normalized spacial score (nSPS) is 37.9. The largest absolute Gasteiger partial charge is 0.477 e. The van der Waals surface area contributed by atoms with Gasteiger partial charge in [-0.15, -0.1) is 0 Å². The van der Waals surface area contributed by atoms with Crippen molar-refractivity contribution in [1.82, 2.24) is 16.0 Å². The van der Waals surface area contributed by atoms with Gasteiger partial charge in [0.05, 0.1) is 57.8 Å². The molecule has 20 N–H and O–H groups in total. The molecule has 4 fully saturated rings. The molecule has 0 radical (unpaired) electrons. The third-order valence-corrected chi connectivity index (χ3v) is 13.4. The quantitative estimate of drug-likeness (QED) is 0.0340. The molecule has 40 heteroatoms. The maximum Gasteiger partial charge on any atom is 0.397 e. The maximum absolute atomic E-state index is 13.1. The first-order chi connectivity index (χ1) is 36.6. The summed E-state index contributed by atoms with van der Waals surface area (Å²) in [4.78, 5) is 49.9. The minimum atomic E-state index is -5.43. The second-order valence-corrected chi connectivity index (χ2v) is 20.6. The van der Waals surface area contributed by atoms with Crippen LogP contribution in [0.2, 0.25) is 0 Å². The zero-order chi connectivity index (χ0) is 59.8. The van der Waals surface area contributed by atoms with E-state index in [2.05, 4.69) is 24.3 Å². The van der Waals surface area contributed by atoms with Crippen molar-refractivity contribution in [3.8, 4) is 0 Å². The molecule has 0 aromatic heterocycles. The summed E-state index contributed by atoms with van der Waals surface area (Å²) in [5.41, 5.74) is 0. The van der Waals surface area contributed by atoms with Crippen molar-refractivity contribution in [1.29, 1.82) is 0 Å². The molecule has 4 aliphatic rings. The van der Waals surface area contributed by atoms with Gasteiger partial charge in [-0.25, -0.2) is 13.2 Å². The van der Waals surface area contributed by atoms with Gasteiger partial charge in [0.2, 0.25) is 17.7 Å². The number of carbonyl (C=O) groups excluding carboxylic acids is 3. The first-order valence-corrected chi connectivity index (χ1v) is 26.2. The predicted octanol–water partition coefficient (Wildman–Crippen LogP) is -13.0. The Hall–Kier alpha value is -3.26. The second kappa shape index (κ2) is 28.8. The van der Waals surface area contributed by atoms with Crippen LogP contribution in [-0.4, -0.2) is 319 Å². The molecular weight excluding hydrogens is 1130 g/mol. The molecule has 25 atom stereocenters. The fourth-order valence-electron chi connectivity index (χ4n) is 8.73. The molecule has 4 rings (SSSR count). The molecule has 0 bridgehead atoms. The highest BCUT2D eigenvalue weighted by molar-refractivity contribution is 7.81. The predicted molar refractivity (Wildman–Crippen MR) is 242 cm³/mol. The molecule has 4 saturated heterocycles. The van der Waals surface area contributed by atoms with E-state index in [1.807, 2.05) is 0 Å². The van der Waals surface area contributed by atoms with Crippen molar-refractivity contribution in [3.63, 3.8) is 0 Å². The third-order valence-electron chi connectivity index (χ3n) is 12.5. The highest BCUT2D eigenvalue weighted by Gasteiger charge is 2.60. The number of carboxylic acids is 1. The van der Waals surface area contributed by atoms with E-state index in [0.29, 0.717) is 0 Å². The van der Waals surface area contributed by atoms with Crippen molar-refractivity contribution in [2.24, 2.45) is 0 Å². The Kier molecular flexibility index (Phi) is 24.9. The van der Waals surface area contributed by atoms with Gasteiger partial charge in [-0.2, -0.15) is 16.8 Å². The zero-order valence-electron chi connectivity index (χ0n) is 41.6. The lowest BCUT2D eigenvalue weighted by atomic mass is 9.88. The topological polar surface area (TPSA) is 609 Å². The number of rotatable bonds is 27. The Bertz CT molecular complexity index is 2240. The Morgan fingerprint density at radius 3 is 1.70 bits per heavy atom. The van der Waals surface area contributed by atoms with Crippen molar-refractivity contribution in [2.45, 2.75) is 180 Å². The molecule has 0 spiro atoms. The number of aliphatic carboxylic acids is 1. The fourth-order valence-corrected chi connectivity index (χ4v) is 9.34. The van der Waals surface area contributed by atoms with Gasteiger partial charge in [-0.3, -0.25) is 23.5 Å². The standard InChI is InChI=1S/C39H67N3O35S2/c1-11(46)40-14(5-43)31(24(53)17(51)8-68-35-22(42-13(3)48)27(56)32(18(7-45)71-35)75-36-29(58)28(57)25(54)19(72-36)9-69-78(62,63)64)74-37-30(59)34(26(55)20(73-37)10-70-79(65,66)67)77-39(38(60)61)4-15(49)21(41-12(2)47)33(76-39)23(52)16(50)6-44/h14-37,43-45,49-59H,4-10H2,1-3H3,(H,40,46)(H,41,47)(H,42,48)(H,60,61)(H,62,63,64)(H,65,66,67)/t14-,15-,16+,17+,18+,19+,20+,21+,22+,23+,24-,25-,26-,27+,28-,29+,30+,31+,32+,33+,34-,35+,36-,37-,39-/m0/s1. The number of ether oxygens (including phenoxy) is 8. The molecule has 0 aromatic carbocycles. The lowest BCUT2D eigenvalue weighted by Gasteiger charge is -2.50. The minimum absolute atomic E-state index is 0.885. The van der Waals surface area contributed by atoms with E-state index in [-0.39, 0.29) is 0 Å². The van der Waals surface area contributed by atoms with Crippen LogP contribution < -0.4 is 16.0 Å². The maximum atomic E-state index is 13.1. The van der Waals surface area contributed by atoms with E-state index >= 15 is 0 Å². The number of aliphatic hydroxyl groups is 14. The Balaban J connectivity index is 1.66. The van der Waals surface area contributed by atoms with Crippen LogP contribution in [0.1, 0.15) is 27.2 Å². The summed E-state index contributed by atoms with van der Waals surface area (Å²) in [5.74, 6) is -8.37. The van der Waals surface area contributed by atoms with Gasteiger partial charge in [0.15, 0.2) is 18.9 Å². The van der Waals surface area contributed by atoms with Gasteiger partial charge in [0, 0.05) is 27.2 Å². The highest BCUT2D eigenvalue weighted by atomic mass is 32.3. The van der Waals surface area contributed by atoms with Gasteiger partial charge in [0.1, 0.15) is 110 Å². The summed E-state index contributed by atoms with van der Waals surface area (Å²) in [6.07, 6.45) is -48.0. The molecule has 0 unspecified atom stereocenters. The van der Waals surface area contributed by atoms with E-state index in [1.54, 1.807) is 0 Å². The number of hydrogen-bond donors (Lipinski definition) is 20. The smallest absolute Gasteiger partial charge is 0.397 e. The number of carbonyl (C=O) groups is 4. The van der Waals surface area contributed by atoms with Crippen LogP contribution in [-0.2, 0) is 86.2 Å². The summed E-state index contributed by atoms with van der Waals surface area (Å²) in [6, 6.07) is -5.49. The first kappa shape index (κ1) is 68.2. The molecule has 460 valence electrons. The molecule has 0 aromatic rings. The average Bonchev–Trinajstić information content (AvgIpc) is 3.35. The number of nitrogens with one attached hydrogen (secondary N) is 3. The van der Waals surface area contributed by atoms with Crippen LogP contribution >= 0.6 is 0 Å². The molecular formula is C39H67N3O35S2. The van der Waals surface area contributed by atoms with E-state index < -0.39 is 243 Å². The Morgan fingerprint density at radius 1 is 0.646 bits per heavy atom. The second-order valence-electron chi connectivity index (χ2n) is 18.4. The zero-order valence-corrected chi connectivity index (χ0v) is 43.2. The first-order valence-electron chi connectivity index (χ1n) is 23.4. The number of amides is 3. The van der Waals surface area contributed by atoms with Gasteiger partial charge >= 0.3 is 26.8 Å². The number of hydrogen-bond acceptors (Lipinski definition) is 32. The SMILES string of the molecule is CC(=O)N[C@H]1[C@H](OC[C@@H](O)[C@H](O)[C@H](O[C@@H]2O[C@H](COS(=O)(=O)O)[C@H](O)[C@H](O[C@]3(C(=O)O)C[C@H](O)[C@@H](NC(C)=O)[C@H]([C@H](O)[C@H](O)CO)O3)[C@H]2O)[C@H](CO)NC(C)=O)O[C@H](CO)[C@@H](O[C@@H]2O[C@H](COS(=O)(=O)O)[C@H](O)[C@H](O)[C@H]2O)[C@@H]1O. The van der Waals surface area contributed by atoms with Crippen LogP contribution in [0.15, 0.2) is 0 Å². The third kappa shape index (κ3) is 17.9. The van der Waals surface area contributed by atoms with Crippen LogP contribution in [0.5, 0.6) is 0 Å². The van der Waals surface area contributed by atoms with E-state index in [0.717, 1.165) is 20.8 Å². The number of aliphatic hydroxyl groups excluding tert-OH is 14. The van der Waals surface area contributed by atoms with Crippen LogP contribution in [0.3, 0.4) is 0 Å². The molecule has 4 heterocycles. The summed E-state index contributed by atoms with van der Waals surface area (Å²) in [7, 11) is -10.6. The summed E-state index contributed by atoms with van der Waals surface area (Å²) < 4.78 is 117. The molecule has 79 heavy (non-hydrogen) atoms. The summed E-state index contributed by atoms with van der Waals surface area (Å²) in [5, 5.41) is 169. The van der Waals surface area contributed by atoms with Crippen molar-refractivity contribution in [2.75, 3.05) is 39.6 Å². The minimum Gasteiger partial charge on any atom is -0.477 e. The number of carboxylic acid groups (broad SMARTS) is 1. The molecule has 0 aliphatic carbocycles. The highest BCUT2D eigenvalue weighted by Crippen LogP contribution is 2.38. The van der Waals surface area contributed by atoms with Crippen molar-refractivity contribution < 1.29 is 168 Å². The molecule has 4 aliphatic heterocycles.